The molecule has 0 aliphatic carbocycles. The SMILES string of the molecule is CCOCCC(=O)OCOc1c(OC)ccnc1C(=O)N[C@H]1COC(=O)C(c2ccccc2)[C@@H](OC(=O)C(C)C)[C@H](C)OC1=O. The van der Waals surface area contributed by atoms with E-state index in [0.717, 1.165) is 0 Å². The molecule has 4 atom stereocenters. The smallest absolute Gasteiger partial charge is 0.332 e. The summed E-state index contributed by atoms with van der Waals surface area (Å²) in [5, 5.41) is 2.45. The van der Waals surface area contributed by atoms with E-state index in [1.165, 1.54) is 26.3 Å². The van der Waals surface area contributed by atoms with E-state index in [0.29, 0.717) is 12.2 Å². The van der Waals surface area contributed by atoms with Gasteiger partial charge in [0.05, 0.1) is 26.1 Å². The standard InChI is InChI=1S/C31H38N2O12/c1-6-40-15-13-23(34)42-17-43-27-22(39-5)12-14-32-25(27)28(35)33-21-16-41-31(38)24(20-10-8-7-9-11-20)26(19(4)44-30(21)37)45-29(36)18(2)3/h7-12,14,18-19,21,24,26H,6,13,15-17H2,1-5H3,(H,33,35)/t19-,21-,24?,26-/m0/s1. The number of hydrogen-bond acceptors (Lipinski definition) is 13. The van der Waals surface area contributed by atoms with E-state index >= 15 is 0 Å². The van der Waals surface area contributed by atoms with Crippen LogP contribution in [0.25, 0.3) is 0 Å². The second-order valence-corrected chi connectivity index (χ2v) is 10.2. The highest BCUT2D eigenvalue weighted by molar-refractivity contribution is 5.98. The Bertz CT molecular complexity index is 1330. The van der Waals surface area contributed by atoms with Crippen LogP contribution < -0.4 is 14.8 Å². The van der Waals surface area contributed by atoms with Crippen LogP contribution in [0.1, 0.15) is 56.1 Å². The van der Waals surface area contributed by atoms with Gasteiger partial charge in [0.15, 0.2) is 29.3 Å². The minimum atomic E-state index is -1.47. The molecule has 2 aromatic rings. The number of benzene rings is 1. The molecule has 2 heterocycles. The highest BCUT2D eigenvalue weighted by atomic mass is 16.7. The molecule has 244 valence electrons. The third-order valence-corrected chi connectivity index (χ3v) is 6.59. The number of cyclic esters (lactones) is 2. The van der Waals surface area contributed by atoms with Gasteiger partial charge in [-0.15, -0.1) is 0 Å². The Balaban J connectivity index is 1.82. The first-order valence-electron chi connectivity index (χ1n) is 14.4. The summed E-state index contributed by atoms with van der Waals surface area (Å²) in [7, 11) is 1.33. The van der Waals surface area contributed by atoms with Crippen molar-refractivity contribution in [3.63, 3.8) is 0 Å². The van der Waals surface area contributed by atoms with Crippen LogP contribution >= 0.6 is 0 Å². The Hall–Kier alpha value is -4.72. The van der Waals surface area contributed by atoms with Crippen molar-refractivity contribution in [2.45, 2.75) is 58.3 Å². The van der Waals surface area contributed by atoms with Gasteiger partial charge in [0.1, 0.15) is 18.6 Å². The van der Waals surface area contributed by atoms with Crippen molar-refractivity contribution < 1.29 is 57.1 Å². The fraction of sp³-hybridized carbons (Fsp3) is 0.484. The van der Waals surface area contributed by atoms with E-state index in [2.05, 4.69) is 10.3 Å². The number of carbonyl (C=O) groups excluding carboxylic acids is 5. The highest BCUT2D eigenvalue weighted by Gasteiger charge is 2.43. The Labute approximate surface area is 260 Å². The number of esters is 4. The fourth-order valence-electron chi connectivity index (χ4n) is 4.23. The monoisotopic (exact) mass is 630 g/mol. The summed E-state index contributed by atoms with van der Waals surface area (Å²) in [5.74, 6) is -5.55. The maximum atomic E-state index is 13.4. The molecule has 14 nitrogen and oxygen atoms in total. The molecule has 0 spiro atoms. The zero-order valence-corrected chi connectivity index (χ0v) is 25.8. The number of methoxy groups -OCH3 is 1. The van der Waals surface area contributed by atoms with Crippen LogP contribution in [0, 0.1) is 5.92 Å². The fourth-order valence-corrected chi connectivity index (χ4v) is 4.23. The van der Waals surface area contributed by atoms with E-state index in [1.54, 1.807) is 51.1 Å². The first-order valence-corrected chi connectivity index (χ1v) is 14.4. The van der Waals surface area contributed by atoms with Crippen LogP contribution in [0.3, 0.4) is 0 Å². The van der Waals surface area contributed by atoms with Gasteiger partial charge in [-0.25, -0.2) is 9.78 Å². The van der Waals surface area contributed by atoms with Crippen molar-refractivity contribution in [3.05, 3.63) is 53.9 Å². The van der Waals surface area contributed by atoms with Gasteiger partial charge in [-0.3, -0.25) is 19.2 Å². The van der Waals surface area contributed by atoms with Crippen molar-refractivity contribution in [2.24, 2.45) is 5.92 Å². The molecule has 1 saturated heterocycles. The summed E-state index contributed by atoms with van der Waals surface area (Å²) in [6.07, 6.45) is -1.06. The Morgan fingerprint density at radius 1 is 1.09 bits per heavy atom. The van der Waals surface area contributed by atoms with Gasteiger partial charge in [-0.2, -0.15) is 0 Å². The summed E-state index contributed by atoms with van der Waals surface area (Å²) < 4.78 is 37.7. The third kappa shape index (κ3) is 9.63. The lowest BCUT2D eigenvalue weighted by Crippen LogP contribution is -2.46. The van der Waals surface area contributed by atoms with Crippen LogP contribution in [-0.2, 0) is 42.9 Å². The Morgan fingerprint density at radius 3 is 2.49 bits per heavy atom. The van der Waals surface area contributed by atoms with Gasteiger partial charge in [0, 0.05) is 18.9 Å². The molecule has 1 unspecified atom stereocenters. The number of ether oxygens (including phenoxy) is 7. The first kappa shape index (κ1) is 34.8. The zero-order valence-electron chi connectivity index (χ0n) is 25.8. The molecule has 1 aliphatic rings. The largest absolute Gasteiger partial charge is 0.493 e. The minimum absolute atomic E-state index is 0.00168. The Morgan fingerprint density at radius 2 is 1.82 bits per heavy atom. The van der Waals surface area contributed by atoms with Gasteiger partial charge in [0.25, 0.3) is 5.91 Å². The highest BCUT2D eigenvalue weighted by Crippen LogP contribution is 2.31. The minimum Gasteiger partial charge on any atom is -0.493 e. The molecule has 0 saturated carbocycles. The summed E-state index contributed by atoms with van der Waals surface area (Å²) >= 11 is 0. The molecular formula is C31H38N2O12. The summed E-state index contributed by atoms with van der Waals surface area (Å²) in [6.45, 7) is 6.00. The number of carbonyl (C=O) groups is 5. The van der Waals surface area contributed by atoms with Crippen LogP contribution in [0.4, 0.5) is 0 Å². The quantitative estimate of drug-likeness (QED) is 0.148. The molecule has 1 amide bonds. The average Bonchev–Trinajstić information content (AvgIpc) is 3.06. The molecule has 1 N–H and O–H groups in total. The molecule has 1 fully saturated rings. The number of pyridine rings is 1. The maximum Gasteiger partial charge on any atom is 0.332 e. The number of nitrogens with zero attached hydrogens (tertiary/aromatic N) is 1. The number of amides is 1. The van der Waals surface area contributed by atoms with Crippen LogP contribution in [0.2, 0.25) is 0 Å². The molecule has 0 bridgehead atoms. The molecule has 1 aromatic heterocycles. The van der Waals surface area contributed by atoms with Crippen molar-refractivity contribution in [1.29, 1.82) is 0 Å². The van der Waals surface area contributed by atoms with E-state index < -0.39 is 73.3 Å². The lowest BCUT2D eigenvalue weighted by atomic mass is 9.90. The van der Waals surface area contributed by atoms with Crippen LogP contribution in [-0.4, -0.2) is 86.7 Å². The van der Waals surface area contributed by atoms with Gasteiger partial charge in [0.2, 0.25) is 6.79 Å². The lowest BCUT2D eigenvalue weighted by molar-refractivity contribution is -0.172. The van der Waals surface area contributed by atoms with E-state index in [9.17, 15) is 24.0 Å². The molecule has 1 aromatic carbocycles. The summed E-state index contributed by atoms with van der Waals surface area (Å²) in [4.78, 5) is 68.6. The Kier molecular flexibility index (Phi) is 13.1. The van der Waals surface area contributed by atoms with Gasteiger partial charge >= 0.3 is 23.9 Å². The normalized spacial score (nSPS) is 20.0. The molecule has 1 aliphatic heterocycles. The van der Waals surface area contributed by atoms with Crippen LogP contribution in [0.15, 0.2) is 42.6 Å². The molecule has 0 radical (unpaired) electrons. The van der Waals surface area contributed by atoms with E-state index in [4.69, 9.17) is 33.2 Å². The number of aromatic nitrogens is 1. The lowest BCUT2D eigenvalue weighted by Gasteiger charge is -2.29. The van der Waals surface area contributed by atoms with Crippen LogP contribution in [0.5, 0.6) is 11.5 Å². The summed E-state index contributed by atoms with van der Waals surface area (Å²) in [5.41, 5.74) is 0.174. The van der Waals surface area contributed by atoms with Crippen molar-refractivity contribution in [1.82, 2.24) is 10.3 Å². The first-order chi connectivity index (χ1) is 21.6. The average molecular weight is 631 g/mol. The predicted octanol–water partition coefficient (Wildman–Crippen LogP) is 2.33. The van der Waals surface area contributed by atoms with Crippen molar-refractivity contribution in [3.8, 4) is 11.5 Å². The maximum absolute atomic E-state index is 13.4. The van der Waals surface area contributed by atoms with E-state index in [-0.39, 0.29) is 30.2 Å². The number of hydrogen-bond donors (Lipinski definition) is 1. The van der Waals surface area contributed by atoms with Crippen molar-refractivity contribution in [2.75, 3.05) is 33.7 Å². The van der Waals surface area contributed by atoms with Gasteiger partial charge in [-0.05, 0) is 19.4 Å². The van der Waals surface area contributed by atoms with E-state index in [1.807, 2.05) is 0 Å². The zero-order chi connectivity index (χ0) is 32.9. The number of nitrogens with one attached hydrogen (secondary N) is 1. The second-order valence-electron chi connectivity index (χ2n) is 10.2. The number of rotatable bonds is 13. The summed E-state index contributed by atoms with van der Waals surface area (Å²) in [6, 6.07) is 8.45. The van der Waals surface area contributed by atoms with Gasteiger partial charge in [-0.1, -0.05) is 44.2 Å². The van der Waals surface area contributed by atoms with Gasteiger partial charge < -0.3 is 38.5 Å². The molecular weight excluding hydrogens is 592 g/mol. The predicted molar refractivity (Wildman–Crippen MR) is 155 cm³/mol. The van der Waals surface area contributed by atoms with Crippen molar-refractivity contribution >= 4 is 29.8 Å². The molecule has 45 heavy (non-hydrogen) atoms. The topological polar surface area (TPSA) is 175 Å². The second kappa shape index (κ2) is 16.9. The third-order valence-electron chi connectivity index (χ3n) is 6.59. The molecule has 14 heteroatoms. The molecule has 3 rings (SSSR count).